The first kappa shape index (κ1) is 17.4. The van der Waals surface area contributed by atoms with Crippen LogP contribution in [-0.2, 0) is 23.8 Å². The summed E-state index contributed by atoms with van der Waals surface area (Å²) in [6.45, 7) is 4.70. The maximum atomic E-state index is 11.1. The predicted molar refractivity (Wildman–Crippen MR) is 85.3 cm³/mol. The van der Waals surface area contributed by atoms with Crippen molar-refractivity contribution in [2.24, 2.45) is 10.9 Å². The fourth-order valence-electron chi connectivity index (χ4n) is 2.65. The van der Waals surface area contributed by atoms with Crippen molar-refractivity contribution >= 4 is 17.8 Å². The number of benzene rings is 1. The summed E-state index contributed by atoms with van der Waals surface area (Å²) < 4.78 is 16.1. The van der Waals surface area contributed by atoms with Crippen molar-refractivity contribution in [3.8, 4) is 0 Å². The van der Waals surface area contributed by atoms with E-state index in [9.17, 15) is 9.59 Å². The molecule has 2 heterocycles. The summed E-state index contributed by atoms with van der Waals surface area (Å²) in [5.41, 5.74) is 1.31. The van der Waals surface area contributed by atoms with Crippen molar-refractivity contribution in [3.05, 3.63) is 35.4 Å². The molecule has 2 aliphatic rings. The summed E-state index contributed by atoms with van der Waals surface area (Å²) in [4.78, 5) is 26.7. The van der Waals surface area contributed by atoms with E-state index in [4.69, 9.17) is 24.4 Å². The van der Waals surface area contributed by atoms with Crippen LogP contribution in [0.4, 0.5) is 0 Å². The van der Waals surface area contributed by atoms with Crippen LogP contribution in [0.2, 0.25) is 0 Å². The van der Waals surface area contributed by atoms with E-state index in [1.165, 1.54) is 0 Å². The molecule has 0 aromatic heterocycles. The Kier molecular flexibility index (Phi) is 4.73. The maximum absolute atomic E-state index is 11.1. The Bertz CT molecular complexity index is 675. The van der Waals surface area contributed by atoms with Crippen LogP contribution in [0.1, 0.15) is 31.3 Å². The van der Waals surface area contributed by atoms with Gasteiger partial charge in [0.15, 0.2) is 18.5 Å². The standard InChI is InChI=1S/C17H19NO7/c1-8(2)11-7-23-14(18-11)9-3-5-10(6-4-9)17-24-12(15(19)20)13(25-17)16(21)22/h3-6,8,11-13,17H,7H2,1-2H3,(H,19,20)(H,21,22)/t11?,12-,13-/m1/s1. The van der Waals surface area contributed by atoms with Crippen molar-refractivity contribution in [2.75, 3.05) is 6.61 Å². The van der Waals surface area contributed by atoms with Crippen LogP contribution < -0.4 is 0 Å². The minimum Gasteiger partial charge on any atom is -0.479 e. The minimum absolute atomic E-state index is 0.129. The first-order valence-electron chi connectivity index (χ1n) is 7.94. The van der Waals surface area contributed by atoms with Crippen molar-refractivity contribution in [1.82, 2.24) is 0 Å². The minimum atomic E-state index is -1.54. The molecule has 0 spiro atoms. The molecule has 0 saturated carbocycles. The van der Waals surface area contributed by atoms with E-state index in [0.29, 0.717) is 24.0 Å². The zero-order valence-electron chi connectivity index (χ0n) is 13.8. The van der Waals surface area contributed by atoms with Crippen LogP contribution in [0.25, 0.3) is 0 Å². The van der Waals surface area contributed by atoms with Crippen molar-refractivity contribution in [3.63, 3.8) is 0 Å². The molecule has 8 nitrogen and oxygen atoms in total. The zero-order valence-corrected chi connectivity index (χ0v) is 13.8. The van der Waals surface area contributed by atoms with Gasteiger partial charge in [0.1, 0.15) is 6.61 Å². The van der Waals surface area contributed by atoms with E-state index in [1.807, 2.05) is 0 Å². The molecule has 1 aromatic rings. The third-order valence-electron chi connectivity index (χ3n) is 4.18. The van der Waals surface area contributed by atoms with Gasteiger partial charge in [0.05, 0.1) is 6.04 Å². The lowest BCUT2D eigenvalue weighted by Crippen LogP contribution is -2.36. The van der Waals surface area contributed by atoms with Gasteiger partial charge in [-0.1, -0.05) is 26.0 Å². The molecule has 2 aliphatic heterocycles. The third-order valence-corrected chi connectivity index (χ3v) is 4.18. The lowest BCUT2D eigenvalue weighted by molar-refractivity contribution is -0.156. The Morgan fingerprint density at radius 3 is 2.08 bits per heavy atom. The lowest BCUT2D eigenvalue weighted by atomic mass is 10.1. The number of ether oxygens (including phenoxy) is 3. The lowest BCUT2D eigenvalue weighted by Gasteiger charge is -2.10. The Hall–Kier alpha value is -2.45. The highest BCUT2D eigenvalue weighted by Crippen LogP contribution is 2.32. The summed E-state index contributed by atoms with van der Waals surface area (Å²) >= 11 is 0. The molecular formula is C17H19NO7. The predicted octanol–water partition coefficient (Wildman–Crippen LogP) is 1.44. The topological polar surface area (TPSA) is 115 Å². The first-order chi connectivity index (χ1) is 11.9. The maximum Gasteiger partial charge on any atom is 0.336 e. The summed E-state index contributed by atoms with van der Waals surface area (Å²) in [5.74, 6) is -1.80. The normalized spacial score (nSPS) is 26.5. The highest BCUT2D eigenvalue weighted by atomic mass is 16.7. The molecule has 0 bridgehead atoms. The number of hydrogen-bond donors (Lipinski definition) is 2. The van der Waals surface area contributed by atoms with E-state index in [2.05, 4.69) is 18.8 Å². The zero-order chi connectivity index (χ0) is 18.1. The van der Waals surface area contributed by atoms with E-state index in [1.54, 1.807) is 24.3 Å². The monoisotopic (exact) mass is 349 g/mol. The summed E-state index contributed by atoms with van der Waals surface area (Å²) in [5, 5.41) is 18.1. The van der Waals surface area contributed by atoms with E-state index in [0.717, 1.165) is 5.56 Å². The molecule has 2 N–H and O–H groups in total. The highest BCUT2D eigenvalue weighted by molar-refractivity contribution is 5.95. The fraction of sp³-hybridized carbons (Fsp3) is 0.471. The molecular weight excluding hydrogens is 330 g/mol. The Labute approximate surface area is 144 Å². The van der Waals surface area contributed by atoms with Crippen LogP contribution in [0.15, 0.2) is 29.3 Å². The van der Waals surface area contributed by atoms with Gasteiger partial charge in [-0.25, -0.2) is 14.6 Å². The van der Waals surface area contributed by atoms with Crippen LogP contribution in [-0.4, -0.2) is 52.9 Å². The summed E-state index contributed by atoms with van der Waals surface area (Å²) in [6.07, 6.45) is -4.14. The molecule has 3 rings (SSSR count). The van der Waals surface area contributed by atoms with Crippen molar-refractivity contribution in [1.29, 1.82) is 0 Å². The average Bonchev–Trinajstić information content (AvgIpc) is 3.22. The molecule has 134 valence electrons. The quantitative estimate of drug-likeness (QED) is 0.826. The molecule has 0 aliphatic carbocycles. The van der Waals surface area contributed by atoms with Gasteiger partial charge in [0.25, 0.3) is 0 Å². The van der Waals surface area contributed by atoms with Gasteiger partial charge in [-0.05, 0) is 18.1 Å². The number of carboxylic acid groups (broad SMARTS) is 2. The second-order valence-corrected chi connectivity index (χ2v) is 6.30. The van der Waals surface area contributed by atoms with Gasteiger partial charge in [0, 0.05) is 11.1 Å². The molecule has 3 atom stereocenters. The number of carboxylic acids is 2. The van der Waals surface area contributed by atoms with Gasteiger partial charge < -0.3 is 24.4 Å². The molecule has 0 amide bonds. The molecule has 25 heavy (non-hydrogen) atoms. The number of rotatable bonds is 5. The Morgan fingerprint density at radius 1 is 1.08 bits per heavy atom. The SMILES string of the molecule is CC(C)C1COC(c2ccc(C3O[C@@H](C(=O)O)[C@H](C(=O)O)O3)cc2)=N1. The second-order valence-electron chi connectivity index (χ2n) is 6.30. The number of aliphatic carboxylic acids is 2. The van der Waals surface area contributed by atoms with Crippen LogP contribution in [0.5, 0.6) is 0 Å². The Balaban J connectivity index is 1.74. The number of carbonyl (C=O) groups is 2. The molecule has 1 aromatic carbocycles. The highest BCUT2D eigenvalue weighted by Gasteiger charge is 2.46. The molecule has 1 saturated heterocycles. The number of nitrogens with zero attached hydrogens (tertiary/aromatic N) is 1. The van der Waals surface area contributed by atoms with Gasteiger partial charge in [-0.2, -0.15) is 0 Å². The van der Waals surface area contributed by atoms with Crippen LogP contribution in [0.3, 0.4) is 0 Å². The van der Waals surface area contributed by atoms with Gasteiger partial charge >= 0.3 is 11.9 Å². The van der Waals surface area contributed by atoms with E-state index < -0.39 is 30.4 Å². The fourth-order valence-corrected chi connectivity index (χ4v) is 2.65. The Morgan fingerprint density at radius 2 is 1.64 bits per heavy atom. The smallest absolute Gasteiger partial charge is 0.336 e. The summed E-state index contributed by atoms with van der Waals surface area (Å²) in [6, 6.07) is 7.00. The largest absolute Gasteiger partial charge is 0.479 e. The number of hydrogen-bond acceptors (Lipinski definition) is 6. The molecule has 1 unspecified atom stereocenters. The van der Waals surface area contributed by atoms with Crippen molar-refractivity contribution < 1.29 is 34.0 Å². The van der Waals surface area contributed by atoms with E-state index in [-0.39, 0.29) is 6.04 Å². The molecule has 1 fully saturated rings. The summed E-state index contributed by atoms with van der Waals surface area (Å²) in [7, 11) is 0. The molecule has 8 heteroatoms. The average molecular weight is 349 g/mol. The number of aliphatic imine (C=N–C) groups is 1. The second kappa shape index (κ2) is 6.81. The van der Waals surface area contributed by atoms with Crippen molar-refractivity contribution in [2.45, 2.75) is 38.4 Å². The van der Waals surface area contributed by atoms with Gasteiger partial charge in [-0.3, -0.25) is 0 Å². The van der Waals surface area contributed by atoms with Gasteiger partial charge in [0.2, 0.25) is 5.90 Å². The molecule has 0 radical (unpaired) electrons. The first-order valence-corrected chi connectivity index (χ1v) is 7.94. The van der Waals surface area contributed by atoms with Crippen LogP contribution >= 0.6 is 0 Å². The van der Waals surface area contributed by atoms with Crippen LogP contribution in [0, 0.1) is 5.92 Å². The van der Waals surface area contributed by atoms with Gasteiger partial charge in [-0.15, -0.1) is 0 Å². The van der Waals surface area contributed by atoms with E-state index >= 15 is 0 Å². The third kappa shape index (κ3) is 3.49.